The van der Waals surface area contributed by atoms with E-state index in [0.29, 0.717) is 18.4 Å². The highest BCUT2D eigenvalue weighted by Gasteiger charge is 2.44. The first-order valence-electron chi connectivity index (χ1n) is 10.6. The minimum absolute atomic E-state index is 0.205. The number of rotatable bonds is 12. The van der Waals surface area contributed by atoms with E-state index in [1.165, 1.54) is 0 Å². The fraction of sp³-hybridized carbons (Fsp3) is 0.480. The van der Waals surface area contributed by atoms with Crippen molar-refractivity contribution in [3.05, 3.63) is 71.8 Å². The molecule has 4 heteroatoms. The van der Waals surface area contributed by atoms with Gasteiger partial charge in [0.25, 0.3) is 0 Å². The monoisotopic (exact) mass is 397 g/mol. The molecule has 158 valence electrons. The third-order valence-corrected chi connectivity index (χ3v) is 5.53. The van der Waals surface area contributed by atoms with E-state index < -0.39 is 5.60 Å². The Labute approximate surface area is 175 Å². The molecule has 0 amide bonds. The average Bonchev–Trinajstić information content (AvgIpc) is 2.75. The highest BCUT2D eigenvalue weighted by atomic mass is 16.6. The van der Waals surface area contributed by atoms with Gasteiger partial charge in [0.1, 0.15) is 5.60 Å². The van der Waals surface area contributed by atoms with Crippen LogP contribution in [0.4, 0.5) is 0 Å². The van der Waals surface area contributed by atoms with Gasteiger partial charge in [0.2, 0.25) is 0 Å². The summed E-state index contributed by atoms with van der Waals surface area (Å²) in [7, 11) is 3.68. The van der Waals surface area contributed by atoms with E-state index in [1.807, 2.05) is 43.4 Å². The highest BCUT2D eigenvalue weighted by molar-refractivity contribution is 5.89. The topological polar surface area (TPSA) is 47.6 Å². The van der Waals surface area contributed by atoms with Crippen LogP contribution < -0.4 is 5.32 Å². The lowest BCUT2D eigenvalue weighted by atomic mass is 9.80. The molecule has 0 aromatic heterocycles. The van der Waals surface area contributed by atoms with E-state index in [2.05, 4.69) is 31.3 Å². The molecule has 0 radical (unpaired) electrons. The van der Waals surface area contributed by atoms with Crippen LogP contribution in [0.3, 0.4) is 0 Å². The second-order valence-electron chi connectivity index (χ2n) is 7.59. The van der Waals surface area contributed by atoms with Gasteiger partial charge in [0, 0.05) is 26.0 Å². The molecule has 0 aliphatic rings. The lowest BCUT2D eigenvalue weighted by molar-refractivity contribution is -0.114. The standard InChI is InChI=1S/C25H35NO3/c1-5-13-22(26-3)19-25(23(6-2)28-4,18-20-14-9-7-10-15-20)29-24(27)21-16-11-8-12-17-21/h7-12,14-17,22-23,26H,5-6,13,18-19H2,1-4H3. The van der Waals surface area contributed by atoms with Crippen molar-refractivity contribution in [1.82, 2.24) is 5.32 Å². The number of carbonyl (C=O) groups excluding carboxylic acids is 1. The molecule has 1 N–H and O–H groups in total. The van der Waals surface area contributed by atoms with E-state index in [1.54, 1.807) is 19.2 Å². The van der Waals surface area contributed by atoms with Crippen LogP contribution in [0, 0.1) is 0 Å². The van der Waals surface area contributed by atoms with Crippen LogP contribution in [0.15, 0.2) is 60.7 Å². The fourth-order valence-electron chi connectivity index (χ4n) is 4.09. The molecule has 29 heavy (non-hydrogen) atoms. The Bertz CT molecular complexity index is 715. The maximum Gasteiger partial charge on any atom is 0.338 e. The van der Waals surface area contributed by atoms with Crippen LogP contribution in [0.2, 0.25) is 0 Å². The van der Waals surface area contributed by atoms with Gasteiger partial charge >= 0.3 is 5.97 Å². The van der Waals surface area contributed by atoms with E-state index >= 15 is 0 Å². The van der Waals surface area contributed by atoms with Crippen molar-refractivity contribution in [2.75, 3.05) is 14.2 Å². The zero-order valence-corrected chi connectivity index (χ0v) is 18.2. The smallest absolute Gasteiger partial charge is 0.338 e. The largest absolute Gasteiger partial charge is 0.452 e. The summed E-state index contributed by atoms with van der Waals surface area (Å²) < 4.78 is 12.2. The van der Waals surface area contributed by atoms with Gasteiger partial charge in [-0.05, 0) is 37.6 Å². The van der Waals surface area contributed by atoms with Crippen molar-refractivity contribution >= 4 is 5.97 Å². The summed E-state index contributed by atoms with van der Waals surface area (Å²) in [5, 5.41) is 3.41. The third-order valence-electron chi connectivity index (χ3n) is 5.53. The van der Waals surface area contributed by atoms with Gasteiger partial charge in [0.05, 0.1) is 11.7 Å². The zero-order chi connectivity index (χ0) is 21.1. The maximum absolute atomic E-state index is 13.1. The van der Waals surface area contributed by atoms with Crippen molar-refractivity contribution in [3.63, 3.8) is 0 Å². The lowest BCUT2D eigenvalue weighted by Gasteiger charge is -2.41. The number of carbonyl (C=O) groups is 1. The molecule has 2 aromatic carbocycles. The normalized spacial score (nSPS) is 15.3. The predicted molar refractivity (Wildman–Crippen MR) is 118 cm³/mol. The lowest BCUT2D eigenvalue weighted by Crippen LogP contribution is -2.52. The minimum Gasteiger partial charge on any atom is -0.452 e. The number of esters is 1. The van der Waals surface area contributed by atoms with Gasteiger partial charge in [0.15, 0.2) is 0 Å². The number of hydrogen-bond donors (Lipinski definition) is 1. The van der Waals surface area contributed by atoms with Crippen molar-refractivity contribution in [2.45, 2.75) is 63.7 Å². The van der Waals surface area contributed by atoms with E-state index in [0.717, 1.165) is 24.8 Å². The molecule has 0 heterocycles. The van der Waals surface area contributed by atoms with Crippen LogP contribution in [0.25, 0.3) is 0 Å². The Morgan fingerprint density at radius 2 is 1.66 bits per heavy atom. The highest BCUT2D eigenvalue weighted by Crippen LogP contribution is 2.33. The van der Waals surface area contributed by atoms with Crippen LogP contribution >= 0.6 is 0 Å². The first kappa shape index (κ1) is 23.1. The molecule has 0 aliphatic heterocycles. The van der Waals surface area contributed by atoms with Gasteiger partial charge in [-0.3, -0.25) is 0 Å². The molecule has 0 spiro atoms. The van der Waals surface area contributed by atoms with Gasteiger partial charge in [-0.1, -0.05) is 68.8 Å². The molecule has 0 aliphatic carbocycles. The van der Waals surface area contributed by atoms with Gasteiger partial charge in [-0.2, -0.15) is 0 Å². The molecule has 0 saturated heterocycles. The molecule has 2 aromatic rings. The molecule has 3 unspecified atom stereocenters. The molecule has 0 fully saturated rings. The second-order valence-corrected chi connectivity index (χ2v) is 7.59. The first-order chi connectivity index (χ1) is 14.1. The number of benzene rings is 2. The Morgan fingerprint density at radius 1 is 1.03 bits per heavy atom. The molecular formula is C25H35NO3. The quantitative estimate of drug-likeness (QED) is 0.511. The second kappa shape index (κ2) is 11.7. The summed E-state index contributed by atoms with van der Waals surface area (Å²) in [5.41, 5.74) is 0.934. The molecule has 0 bridgehead atoms. The van der Waals surface area contributed by atoms with E-state index in [4.69, 9.17) is 9.47 Å². The molecular weight excluding hydrogens is 362 g/mol. The summed E-state index contributed by atoms with van der Waals surface area (Å²) >= 11 is 0. The zero-order valence-electron chi connectivity index (χ0n) is 18.2. The van der Waals surface area contributed by atoms with Crippen LogP contribution in [-0.2, 0) is 15.9 Å². The van der Waals surface area contributed by atoms with Crippen molar-refractivity contribution in [3.8, 4) is 0 Å². The van der Waals surface area contributed by atoms with Crippen LogP contribution in [-0.4, -0.2) is 37.9 Å². The number of nitrogens with one attached hydrogen (secondary N) is 1. The minimum atomic E-state index is -0.763. The van der Waals surface area contributed by atoms with E-state index in [-0.39, 0.29) is 18.1 Å². The van der Waals surface area contributed by atoms with Gasteiger partial charge < -0.3 is 14.8 Å². The Morgan fingerprint density at radius 3 is 2.17 bits per heavy atom. The van der Waals surface area contributed by atoms with Crippen molar-refractivity contribution in [2.24, 2.45) is 0 Å². The maximum atomic E-state index is 13.1. The van der Waals surface area contributed by atoms with Crippen molar-refractivity contribution < 1.29 is 14.3 Å². The summed E-state index contributed by atoms with van der Waals surface area (Å²) in [6, 6.07) is 19.7. The Hall–Kier alpha value is -2.17. The van der Waals surface area contributed by atoms with Gasteiger partial charge in [-0.25, -0.2) is 4.79 Å². The molecule has 0 saturated carbocycles. The average molecular weight is 398 g/mol. The van der Waals surface area contributed by atoms with Crippen LogP contribution in [0.1, 0.15) is 55.5 Å². The molecule has 2 rings (SSSR count). The van der Waals surface area contributed by atoms with Gasteiger partial charge in [-0.15, -0.1) is 0 Å². The number of methoxy groups -OCH3 is 1. The first-order valence-corrected chi connectivity index (χ1v) is 10.6. The summed E-state index contributed by atoms with van der Waals surface area (Å²) in [4.78, 5) is 13.1. The SMILES string of the molecule is CCCC(CC(Cc1ccccc1)(OC(=O)c1ccccc1)C(CC)OC)NC. The van der Waals surface area contributed by atoms with Crippen LogP contribution in [0.5, 0.6) is 0 Å². The van der Waals surface area contributed by atoms with Crippen molar-refractivity contribution in [1.29, 1.82) is 0 Å². The number of ether oxygens (including phenoxy) is 2. The summed E-state index contributed by atoms with van der Waals surface area (Å²) in [5.74, 6) is -0.302. The summed E-state index contributed by atoms with van der Waals surface area (Å²) in [6.45, 7) is 4.26. The third kappa shape index (κ3) is 6.41. The predicted octanol–water partition coefficient (Wildman–Crippen LogP) is 5.03. The summed E-state index contributed by atoms with van der Waals surface area (Å²) in [6.07, 6.45) is 3.92. The molecule has 3 atom stereocenters. The Balaban J connectivity index is 2.45. The Kier molecular flexibility index (Phi) is 9.36. The molecule has 4 nitrogen and oxygen atoms in total. The number of hydrogen-bond acceptors (Lipinski definition) is 4. The fourth-order valence-corrected chi connectivity index (χ4v) is 4.09. The van der Waals surface area contributed by atoms with E-state index in [9.17, 15) is 4.79 Å².